The monoisotopic (exact) mass is 420 g/mol. The minimum Gasteiger partial charge on any atom is -0.373 e. The highest BCUT2D eigenvalue weighted by Crippen LogP contribution is 2.31. The maximum Gasteiger partial charge on any atom is 0.293 e. The Kier molecular flexibility index (Phi) is 5.00. The number of nitrogens with zero attached hydrogens (tertiary/aromatic N) is 1. The van der Waals surface area contributed by atoms with Crippen molar-refractivity contribution in [2.24, 2.45) is 0 Å². The summed E-state index contributed by atoms with van der Waals surface area (Å²) in [6.07, 6.45) is 0. The normalized spacial score (nSPS) is 12.0. The quantitative estimate of drug-likeness (QED) is 0.422. The van der Waals surface area contributed by atoms with Crippen LogP contribution in [-0.4, -0.2) is 4.92 Å². The number of nitro benzene ring substituents is 1. The number of hydrogen-bond donors (Lipinski definition) is 1. The molecule has 0 amide bonds. The summed E-state index contributed by atoms with van der Waals surface area (Å²) in [4.78, 5) is 10.5. The number of nitrogens with one attached hydrogen (secondary N) is 1. The number of benzene rings is 2. The van der Waals surface area contributed by atoms with E-state index in [1.165, 1.54) is 6.07 Å². The molecule has 0 spiro atoms. The van der Waals surface area contributed by atoms with E-state index in [-0.39, 0.29) is 21.0 Å². The fourth-order valence-electron chi connectivity index (χ4n) is 1.87. The Hall–Kier alpha value is -1.41. The van der Waals surface area contributed by atoms with Crippen molar-refractivity contribution in [2.45, 2.75) is 13.0 Å². The van der Waals surface area contributed by atoms with E-state index in [1.54, 1.807) is 34.7 Å². The molecule has 1 N–H and O–H groups in total. The van der Waals surface area contributed by atoms with Crippen LogP contribution in [0.15, 0.2) is 36.4 Å². The van der Waals surface area contributed by atoms with Crippen LogP contribution in [-0.2, 0) is 0 Å². The second-order valence-electron chi connectivity index (χ2n) is 4.46. The van der Waals surface area contributed by atoms with Crippen LogP contribution < -0.4 is 5.32 Å². The Balaban J connectivity index is 2.32. The average Bonchev–Trinajstić information content (AvgIpc) is 2.43. The van der Waals surface area contributed by atoms with E-state index < -0.39 is 10.7 Å². The van der Waals surface area contributed by atoms with Gasteiger partial charge < -0.3 is 5.32 Å². The lowest BCUT2D eigenvalue weighted by molar-refractivity contribution is -0.384. The van der Waals surface area contributed by atoms with E-state index in [4.69, 9.17) is 11.6 Å². The Morgan fingerprint density at radius 1 is 1.33 bits per heavy atom. The molecule has 0 radical (unpaired) electrons. The first kappa shape index (κ1) is 16.0. The van der Waals surface area contributed by atoms with E-state index >= 15 is 0 Å². The molecule has 21 heavy (non-hydrogen) atoms. The summed E-state index contributed by atoms with van der Waals surface area (Å²) < 4.78 is 13.9. The van der Waals surface area contributed by atoms with Crippen LogP contribution in [0.1, 0.15) is 18.5 Å². The summed E-state index contributed by atoms with van der Waals surface area (Å²) in [5, 5.41) is 14.6. The van der Waals surface area contributed by atoms with Gasteiger partial charge in [-0.1, -0.05) is 23.7 Å². The van der Waals surface area contributed by atoms with E-state index in [1.807, 2.05) is 19.1 Å². The van der Waals surface area contributed by atoms with Gasteiger partial charge >= 0.3 is 0 Å². The molecule has 2 rings (SSSR count). The fraction of sp³-hybridized carbons (Fsp3) is 0.143. The van der Waals surface area contributed by atoms with Crippen LogP contribution in [0.4, 0.5) is 15.8 Å². The fourth-order valence-corrected chi connectivity index (χ4v) is 2.45. The zero-order valence-electron chi connectivity index (χ0n) is 10.9. The second kappa shape index (κ2) is 6.57. The van der Waals surface area contributed by atoms with Gasteiger partial charge in [0.25, 0.3) is 5.69 Å². The molecule has 2 aromatic rings. The molecule has 0 aromatic heterocycles. The van der Waals surface area contributed by atoms with Gasteiger partial charge in [0.15, 0.2) is 0 Å². The highest BCUT2D eigenvalue weighted by atomic mass is 127. The van der Waals surface area contributed by atoms with Gasteiger partial charge in [-0.15, -0.1) is 0 Å². The third kappa shape index (κ3) is 3.82. The summed E-state index contributed by atoms with van der Waals surface area (Å²) >= 11 is 7.55. The highest BCUT2D eigenvalue weighted by Gasteiger charge is 2.19. The maximum atomic E-state index is 13.6. The lowest BCUT2D eigenvalue weighted by Crippen LogP contribution is -2.09. The van der Waals surface area contributed by atoms with E-state index in [2.05, 4.69) is 5.32 Å². The van der Waals surface area contributed by atoms with Gasteiger partial charge in [0.2, 0.25) is 0 Å². The molecule has 0 aliphatic heterocycles. The lowest BCUT2D eigenvalue weighted by atomic mass is 10.1. The van der Waals surface area contributed by atoms with Crippen molar-refractivity contribution in [3.8, 4) is 0 Å². The Bertz CT molecular complexity index is 679. The van der Waals surface area contributed by atoms with Crippen LogP contribution in [0, 0.1) is 19.5 Å². The molecule has 4 nitrogen and oxygen atoms in total. The molecule has 0 bridgehead atoms. The molecule has 2 aromatic carbocycles. The topological polar surface area (TPSA) is 55.2 Å². The van der Waals surface area contributed by atoms with Gasteiger partial charge in [0.05, 0.1) is 8.49 Å². The first-order valence-electron chi connectivity index (χ1n) is 6.04. The van der Waals surface area contributed by atoms with Gasteiger partial charge in [0, 0.05) is 23.2 Å². The van der Waals surface area contributed by atoms with Crippen molar-refractivity contribution in [2.75, 3.05) is 5.32 Å². The summed E-state index contributed by atoms with van der Waals surface area (Å²) in [6.45, 7) is 1.84. The lowest BCUT2D eigenvalue weighted by Gasteiger charge is -2.16. The number of rotatable bonds is 4. The van der Waals surface area contributed by atoms with Gasteiger partial charge in [-0.2, -0.15) is 0 Å². The smallest absolute Gasteiger partial charge is 0.293 e. The highest BCUT2D eigenvalue weighted by molar-refractivity contribution is 14.1. The summed E-state index contributed by atoms with van der Waals surface area (Å²) in [5.74, 6) is -0.494. The van der Waals surface area contributed by atoms with Crippen molar-refractivity contribution in [3.05, 3.63) is 66.5 Å². The Morgan fingerprint density at radius 3 is 2.52 bits per heavy atom. The molecule has 0 aliphatic rings. The number of hydrogen-bond acceptors (Lipinski definition) is 3. The average molecular weight is 421 g/mol. The third-order valence-corrected chi connectivity index (χ3v) is 4.06. The van der Waals surface area contributed by atoms with Crippen LogP contribution in [0.5, 0.6) is 0 Å². The molecular weight excluding hydrogens is 410 g/mol. The van der Waals surface area contributed by atoms with Gasteiger partial charge in [-0.3, -0.25) is 10.1 Å². The largest absolute Gasteiger partial charge is 0.373 e. The molecule has 0 saturated heterocycles. The number of anilines is 1. The van der Waals surface area contributed by atoms with Crippen molar-refractivity contribution in [1.82, 2.24) is 0 Å². The molecule has 0 saturated carbocycles. The van der Waals surface area contributed by atoms with Crippen molar-refractivity contribution in [1.29, 1.82) is 0 Å². The van der Waals surface area contributed by atoms with E-state index in [0.29, 0.717) is 5.02 Å². The minimum absolute atomic E-state index is 0.151. The first-order valence-corrected chi connectivity index (χ1v) is 7.49. The first-order chi connectivity index (χ1) is 9.88. The van der Waals surface area contributed by atoms with Crippen molar-refractivity contribution >= 4 is 45.6 Å². The Morgan fingerprint density at radius 2 is 1.95 bits per heavy atom. The SMILES string of the molecule is CC(Nc1cc(F)c(I)cc1[N+](=O)[O-])c1ccc(Cl)cc1. The van der Waals surface area contributed by atoms with Gasteiger partial charge in [0.1, 0.15) is 11.5 Å². The molecule has 1 unspecified atom stereocenters. The number of nitro groups is 1. The van der Waals surface area contributed by atoms with Crippen molar-refractivity contribution in [3.63, 3.8) is 0 Å². The zero-order valence-corrected chi connectivity index (χ0v) is 13.9. The number of halogens is 3. The maximum absolute atomic E-state index is 13.6. The molecule has 7 heteroatoms. The molecule has 1 atom stereocenters. The summed E-state index contributed by atoms with van der Waals surface area (Å²) in [7, 11) is 0. The second-order valence-corrected chi connectivity index (χ2v) is 6.06. The van der Waals surface area contributed by atoms with Gasteiger partial charge in [-0.05, 0) is 47.2 Å². The standard InChI is InChI=1S/C14H11ClFIN2O2/c1-8(9-2-4-10(15)5-3-9)18-13-6-11(16)12(17)7-14(13)19(20)21/h2-8,18H,1H3. The summed E-state index contributed by atoms with van der Waals surface area (Å²) in [6, 6.07) is 9.24. The molecule has 0 aliphatic carbocycles. The van der Waals surface area contributed by atoms with Crippen LogP contribution >= 0.6 is 34.2 Å². The predicted octanol–water partition coefficient (Wildman–Crippen LogP) is 5.17. The molecule has 110 valence electrons. The summed E-state index contributed by atoms with van der Waals surface area (Å²) in [5.41, 5.74) is 0.898. The van der Waals surface area contributed by atoms with E-state index in [9.17, 15) is 14.5 Å². The van der Waals surface area contributed by atoms with Crippen LogP contribution in [0.25, 0.3) is 0 Å². The molecule has 0 fully saturated rings. The zero-order chi connectivity index (χ0) is 15.6. The molecule has 0 heterocycles. The predicted molar refractivity (Wildman–Crippen MR) is 89.3 cm³/mol. The van der Waals surface area contributed by atoms with E-state index in [0.717, 1.165) is 11.6 Å². The Labute approximate surface area is 139 Å². The third-order valence-electron chi connectivity index (χ3n) is 2.98. The van der Waals surface area contributed by atoms with Crippen LogP contribution in [0.2, 0.25) is 5.02 Å². The van der Waals surface area contributed by atoms with Crippen molar-refractivity contribution < 1.29 is 9.31 Å². The molecular formula is C14H11ClFIN2O2. The minimum atomic E-state index is -0.529. The van der Waals surface area contributed by atoms with Gasteiger partial charge in [-0.25, -0.2) is 4.39 Å². The van der Waals surface area contributed by atoms with Crippen LogP contribution in [0.3, 0.4) is 0 Å².